The maximum atomic E-state index is 11.6. The van der Waals surface area contributed by atoms with Crippen LogP contribution in [0.4, 0.5) is 0 Å². The van der Waals surface area contributed by atoms with E-state index in [1.54, 1.807) is 4.90 Å². The van der Waals surface area contributed by atoms with Crippen LogP contribution < -0.4 is 0 Å². The topological polar surface area (TPSA) is 49.8 Å². The van der Waals surface area contributed by atoms with Crippen molar-refractivity contribution in [3.05, 3.63) is 0 Å². The van der Waals surface area contributed by atoms with E-state index in [1.165, 1.54) is 0 Å². The predicted molar refractivity (Wildman–Crippen MR) is 55.0 cm³/mol. The summed E-state index contributed by atoms with van der Waals surface area (Å²) in [6.07, 6.45) is 0.621. The maximum Gasteiger partial charge on any atom is 0.248 e. The number of carbonyl (C=O) groups excluding carboxylic acids is 1. The zero-order chi connectivity index (χ0) is 11.0. The third-order valence-electron chi connectivity index (χ3n) is 1.93. The number of amides is 1. The van der Waals surface area contributed by atoms with Gasteiger partial charge in [-0.2, -0.15) is 0 Å². The van der Waals surface area contributed by atoms with Crippen molar-refractivity contribution in [2.24, 2.45) is 0 Å². The maximum absolute atomic E-state index is 11.6. The number of ether oxygens (including phenoxy) is 1. The number of rotatable bonds is 7. The Labute approximate surface area is 85.9 Å². The molecule has 0 aliphatic carbocycles. The summed E-state index contributed by atoms with van der Waals surface area (Å²) in [5, 5.41) is 8.69. The van der Waals surface area contributed by atoms with Crippen molar-refractivity contribution in [3.63, 3.8) is 0 Å². The molecule has 0 atom stereocenters. The molecule has 14 heavy (non-hydrogen) atoms. The van der Waals surface area contributed by atoms with Crippen LogP contribution in [0.1, 0.15) is 27.2 Å². The van der Waals surface area contributed by atoms with Gasteiger partial charge < -0.3 is 14.7 Å². The smallest absolute Gasteiger partial charge is 0.248 e. The van der Waals surface area contributed by atoms with Gasteiger partial charge in [0.25, 0.3) is 0 Å². The summed E-state index contributed by atoms with van der Waals surface area (Å²) in [5.74, 6) is -0.00435. The lowest BCUT2D eigenvalue weighted by Crippen LogP contribution is -2.40. The molecule has 0 fully saturated rings. The average molecular weight is 203 g/mol. The van der Waals surface area contributed by atoms with E-state index in [2.05, 4.69) is 0 Å². The largest absolute Gasteiger partial charge is 0.396 e. The van der Waals surface area contributed by atoms with E-state index >= 15 is 0 Å². The summed E-state index contributed by atoms with van der Waals surface area (Å²) in [4.78, 5) is 13.3. The van der Waals surface area contributed by atoms with E-state index in [-0.39, 0.29) is 25.2 Å². The molecule has 0 bridgehead atoms. The molecule has 0 unspecified atom stereocenters. The Morgan fingerprint density at radius 2 is 2.14 bits per heavy atom. The molecule has 0 heterocycles. The second-order valence-corrected chi connectivity index (χ2v) is 3.40. The molecule has 0 saturated carbocycles. The molecule has 0 aliphatic rings. The van der Waals surface area contributed by atoms with Crippen LogP contribution in [0.25, 0.3) is 0 Å². The quantitative estimate of drug-likeness (QED) is 0.660. The van der Waals surface area contributed by atoms with Crippen molar-refractivity contribution in [1.29, 1.82) is 0 Å². The predicted octanol–water partition coefficient (Wildman–Crippen LogP) is 0.642. The standard InChI is InChI=1S/C10H21NO3/c1-4-14-8-10(13)11(9(2)3)6-5-7-12/h9,12H,4-8H2,1-3H3. The van der Waals surface area contributed by atoms with Gasteiger partial charge >= 0.3 is 0 Å². The van der Waals surface area contributed by atoms with Crippen molar-refractivity contribution in [2.45, 2.75) is 33.2 Å². The van der Waals surface area contributed by atoms with Gasteiger partial charge in [0, 0.05) is 25.8 Å². The highest BCUT2D eigenvalue weighted by molar-refractivity contribution is 5.77. The van der Waals surface area contributed by atoms with Gasteiger partial charge in [-0.25, -0.2) is 0 Å². The monoisotopic (exact) mass is 203 g/mol. The van der Waals surface area contributed by atoms with Crippen molar-refractivity contribution in [3.8, 4) is 0 Å². The van der Waals surface area contributed by atoms with Crippen LogP contribution in [0.5, 0.6) is 0 Å². The molecule has 0 aromatic heterocycles. The summed E-state index contributed by atoms with van der Waals surface area (Å²) in [5.41, 5.74) is 0. The number of aliphatic hydroxyl groups is 1. The average Bonchev–Trinajstić information content (AvgIpc) is 2.14. The minimum absolute atomic E-state index is 0.00435. The van der Waals surface area contributed by atoms with Crippen LogP contribution in [-0.2, 0) is 9.53 Å². The minimum Gasteiger partial charge on any atom is -0.396 e. The van der Waals surface area contributed by atoms with Crippen molar-refractivity contribution in [1.82, 2.24) is 4.90 Å². The SMILES string of the molecule is CCOCC(=O)N(CCCO)C(C)C. The first-order valence-electron chi connectivity index (χ1n) is 5.11. The van der Waals surface area contributed by atoms with E-state index in [9.17, 15) is 4.79 Å². The molecule has 0 rings (SSSR count). The molecule has 0 aromatic carbocycles. The molecule has 0 radical (unpaired) electrons. The second-order valence-electron chi connectivity index (χ2n) is 3.40. The number of aliphatic hydroxyl groups excluding tert-OH is 1. The summed E-state index contributed by atoms with van der Waals surface area (Å²) >= 11 is 0. The van der Waals surface area contributed by atoms with Gasteiger partial charge in [-0.3, -0.25) is 4.79 Å². The summed E-state index contributed by atoms with van der Waals surface area (Å²) in [7, 11) is 0. The molecular weight excluding hydrogens is 182 g/mol. The van der Waals surface area contributed by atoms with Crippen LogP contribution in [0, 0.1) is 0 Å². The molecule has 84 valence electrons. The Morgan fingerprint density at radius 1 is 1.50 bits per heavy atom. The lowest BCUT2D eigenvalue weighted by atomic mass is 10.3. The molecule has 1 amide bonds. The molecule has 0 aromatic rings. The number of nitrogens with zero attached hydrogens (tertiary/aromatic N) is 1. The highest BCUT2D eigenvalue weighted by Gasteiger charge is 2.15. The third-order valence-corrected chi connectivity index (χ3v) is 1.93. The van der Waals surface area contributed by atoms with Crippen molar-refractivity contribution in [2.75, 3.05) is 26.4 Å². The van der Waals surface area contributed by atoms with Gasteiger partial charge in [-0.15, -0.1) is 0 Å². The van der Waals surface area contributed by atoms with Crippen LogP contribution in [0.15, 0.2) is 0 Å². The number of carbonyl (C=O) groups is 1. The van der Waals surface area contributed by atoms with Gasteiger partial charge in [0.15, 0.2) is 0 Å². The van der Waals surface area contributed by atoms with Crippen LogP contribution in [0.2, 0.25) is 0 Å². The molecule has 4 nitrogen and oxygen atoms in total. The second kappa shape index (κ2) is 7.76. The Bertz CT molecular complexity index is 159. The fourth-order valence-electron chi connectivity index (χ4n) is 1.18. The van der Waals surface area contributed by atoms with E-state index in [1.807, 2.05) is 20.8 Å². The first kappa shape index (κ1) is 13.4. The summed E-state index contributed by atoms with van der Waals surface area (Å²) < 4.78 is 5.05. The lowest BCUT2D eigenvalue weighted by molar-refractivity contribution is -0.137. The van der Waals surface area contributed by atoms with Gasteiger partial charge in [-0.05, 0) is 27.2 Å². The van der Waals surface area contributed by atoms with Crippen LogP contribution in [-0.4, -0.2) is 48.3 Å². The Kier molecular flexibility index (Phi) is 7.42. The normalized spacial score (nSPS) is 10.6. The van der Waals surface area contributed by atoms with Crippen molar-refractivity contribution >= 4 is 5.91 Å². The zero-order valence-corrected chi connectivity index (χ0v) is 9.32. The minimum atomic E-state index is -0.00435. The molecule has 0 aliphatic heterocycles. The molecule has 0 saturated heterocycles. The Balaban J connectivity index is 3.98. The van der Waals surface area contributed by atoms with E-state index in [0.29, 0.717) is 19.6 Å². The van der Waals surface area contributed by atoms with E-state index in [0.717, 1.165) is 0 Å². The lowest BCUT2D eigenvalue weighted by Gasteiger charge is -2.26. The fourth-order valence-corrected chi connectivity index (χ4v) is 1.18. The molecule has 1 N–H and O–H groups in total. The summed E-state index contributed by atoms with van der Waals surface area (Å²) in [6.45, 7) is 7.19. The van der Waals surface area contributed by atoms with E-state index < -0.39 is 0 Å². The first-order valence-corrected chi connectivity index (χ1v) is 5.11. The van der Waals surface area contributed by atoms with Crippen LogP contribution in [0.3, 0.4) is 0 Å². The highest BCUT2D eigenvalue weighted by Crippen LogP contribution is 2.00. The highest BCUT2D eigenvalue weighted by atomic mass is 16.5. The van der Waals surface area contributed by atoms with Gasteiger partial charge in [0.1, 0.15) is 6.61 Å². The first-order chi connectivity index (χ1) is 6.63. The Hall–Kier alpha value is -0.610. The van der Waals surface area contributed by atoms with E-state index in [4.69, 9.17) is 9.84 Å². The van der Waals surface area contributed by atoms with Crippen molar-refractivity contribution < 1.29 is 14.6 Å². The Morgan fingerprint density at radius 3 is 2.57 bits per heavy atom. The number of hydrogen-bond acceptors (Lipinski definition) is 3. The van der Waals surface area contributed by atoms with Gasteiger partial charge in [0.2, 0.25) is 5.91 Å². The van der Waals surface area contributed by atoms with Gasteiger partial charge in [-0.1, -0.05) is 0 Å². The molecule has 0 spiro atoms. The van der Waals surface area contributed by atoms with Crippen LogP contribution >= 0.6 is 0 Å². The molecule has 4 heteroatoms. The fraction of sp³-hybridized carbons (Fsp3) is 0.900. The summed E-state index contributed by atoms with van der Waals surface area (Å²) in [6, 6.07) is 0.162. The number of hydrogen-bond donors (Lipinski definition) is 1. The molecular formula is C10H21NO3. The zero-order valence-electron chi connectivity index (χ0n) is 9.32. The third kappa shape index (κ3) is 5.19. The van der Waals surface area contributed by atoms with Gasteiger partial charge in [0.05, 0.1) is 0 Å².